The average Bonchev–Trinajstić information content (AvgIpc) is 3.02. The molecule has 1 amide bonds. The van der Waals surface area contributed by atoms with E-state index in [1.807, 2.05) is 43.3 Å². The maximum Gasteiger partial charge on any atom is 0.270 e. The topological polar surface area (TPSA) is 58.1 Å². The zero-order valence-electron chi connectivity index (χ0n) is 15.5. The minimum Gasteiger partial charge on any atom is -0.347 e. The molecule has 1 N–H and O–H groups in total. The van der Waals surface area contributed by atoms with Gasteiger partial charge in [0.2, 0.25) is 5.95 Å². The van der Waals surface area contributed by atoms with Crippen LogP contribution < -0.4 is 10.2 Å². The Morgan fingerprint density at radius 1 is 1.11 bits per heavy atom. The highest BCUT2D eigenvalue weighted by Crippen LogP contribution is 2.36. The van der Waals surface area contributed by atoms with E-state index in [9.17, 15) is 4.79 Å². The van der Waals surface area contributed by atoms with Crippen molar-refractivity contribution in [2.45, 2.75) is 32.9 Å². The summed E-state index contributed by atoms with van der Waals surface area (Å²) in [6.45, 7) is 4.52. The highest BCUT2D eigenvalue weighted by Gasteiger charge is 2.29. The Morgan fingerprint density at radius 2 is 1.85 bits per heavy atom. The van der Waals surface area contributed by atoms with Crippen molar-refractivity contribution in [2.24, 2.45) is 0 Å². The molecule has 1 aromatic heterocycles. The first-order valence-electron chi connectivity index (χ1n) is 9.17. The molecule has 1 aliphatic rings. The predicted octanol–water partition coefficient (Wildman–Crippen LogP) is 3.80. The minimum atomic E-state index is -0.189. The second-order valence-electron chi connectivity index (χ2n) is 6.91. The maximum atomic E-state index is 12.6. The van der Waals surface area contributed by atoms with E-state index in [0.29, 0.717) is 18.2 Å². The molecule has 0 aliphatic carbocycles. The number of hydrogen-bond acceptors (Lipinski definition) is 4. The number of amides is 1. The fraction of sp³-hybridized carbons (Fsp3) is 0.227. The normalized spacial score (nSPS) is 15.5. The first-order chi connectivity index (χ1) is 13.1. The van der Waals surface area contributed by atoms with Gasteiger partial charge in [0.05, 0.1) is 0 Å². The molecule has 1 unspecified atom stereocenters. The van der Waals surface area contributed by atoms with E-state index in [1.54, 1.807) is 6.07 Å². The number of fused-ring (bicyclic) bond motifs is 1. The smallest absolute Gasteiger partial charge is 0.270 e. The van der Waals surface area contributed by atoms with Gasteiger partial charge in [-0.15, -0.1) is 0 Å². The number of nitrogens with zero attached hydrogens (tertiary/aromatic N) is 3. The van der Waals surface area contributed by atoms with Gasteiger partial charge in [0.25, 0.3) is 5.91 Å². The summed E-state index contributed by atoms with van der Waals surface area (Å²) in [5, 5.41) is 2.94. The Morgan fingerprint density at radius 3 is 2.67 bits per heavy atom. The van der Waals surface area contributed by atoms with E-state index in [0.717, 1.165) is 23.4 Å². The molecule has 2 aromatic carbocycles. The van der Waals surface area contributed by atoms with Gasteiger partial charge < -0.3 is 10.2 Å². The Balaban J connectivity index is 1.59. The lowest BCUT2D eigenvalue weighted by molar-refractivity contribution is 0.0945. The van der Waals surface area contributed by atoms with Gasteiger partial charge >= 0.3 is 0 Å². The summed E-state index contributed by atoms with van der Waals surface area (Å²) >= 11 is 0. The quantitative estimate of drug-likeness (QED) is 0.771. The molecule has 0 spiro atoms. The summed E-state index contributed by atoms with van der Waals surface area (Å²) in [7, 11) is 0. The third kappa shape index (κ3) is 3.53. The monoisotopic (exact) mass is 358 g/mol. The molecule has 136 valence electrons. The van der Waals surface area contributed by atoms with Crippen molar-refractivity contribution in [1.29, 1.82) is 0 Å². The van der Waals surface area contributed by atoms with Gasteiger partial charge in [0.1, 0.15) is 5.69 Å². The molecular weight excluding hydrogens is 336 g/mol. The molecule has 2 heterocycles. The minimum absolute atomic E-state index is 0.189. The maximum absolute atomic E-state index is 12.6. The van der Waals surface area contributed by atoms with Crippen molar-refractivity contribution >= 4 is 17.5 Å². The van der Waals surface area contributed by atoms with Crippen LogP contribution in [0.1, 0.15) is 34.2 Å². The second-order valence-corrected chi connectivity index (χ2v) is 6.91. The van der Waals surface area contributed by atoms with Crippen LogP contribution in [0.15, 0.2) is 60.7 Å². The summed E-state index contributed by atoms with van der Waals surface area (Å²) in [6.07, 6.45) is 0.947. The standard InChI is InChI=1S/C22H22N4O/c1-15-12-19(21(27)23-14-17-8-4-3-5-9-17)25-22(24-15)26-16(2)13-18-10-6-7-11-20(18)26/h3-12,16H,13-14H2,1-2H3,(H,23,27). The van der Waals surface area contributed by atoms with Crippen molar-refractivity contribution in [1.82, 2.24) is 15.3 Å². The molecule has 27 heavy (non-hydrogen) atoms. The van der Waals surface area contributed by atoms with Crippen molar-refractivity contribution < 1.29 is 4.79 Å². The number of hydrogen-bond donors (Lipinski definition) is 1. The van der Waals surface area contributed by atoms with Crippen molar-refractivity contribution in [3.63, 3.8) is 0 Å². The number of carbonyl (C=O) groups excluding carboxylic acids is 1. The number of anilines is 2. The molecule has 0 fully saturated rings. The van der Waals surface area contributed by atoms with Crippen LogP contribution in [0.4, 0.5) is 11.6 Å². The van der Waals surface area contributed by atoms with E-state index in [4.69, 9.17) is 0 Å². The van der Waals surface area contributed by atoms with E-state index < -0.39 is 0 Å². The van der Waals surface area contributed by atoms with Crippen LogP contribution in [-0.2, 0) is 13.0 Å². The van der Waals surface area contributed by atoms with Crippen LogP contribution in [0.25, 0.3) is 0 Å². The largest absolute Gasteiger partial charge is 0.347 e. The average molecular weight is 358 g/mol. The van der Waals surface area contributed by atoms with Crippen LogP contribution in [0.5, 0.6) is 0 Å². The van der Waals surface area contributed by atoms with Gasteiger partial charge in [0.15, 0.2) is 0 Å². The van der Waals surface area contributed by atoms with Gasteiger partial charge in [-0.05, 0) is 43.5 Å². The highest BCUT2D eigenvalue weighted by atomic mass is 16.1. The lowest BCUT2D eigenvalue weighted by Gasteiger charge is -2.23. The van der Waals surface area contributed by atoms with Gasteiger partial charge in [-0.2, -0.15) is 0 Å². The number of aryl methyl sites for hydroxylation is 1. The molecular formula is C22H22N4O. The SMILES string of the molecule is Cc1cc(C(=O)NCc2ccccc2)nc(N2c3ccccc3CC2C)n1. The fourth-order valence-corrected chi connectivity index (χ4v) is 3.52. The molecule has 1 aliphatic heterocycles. The van der Waals surface area contributed by atoms with Crippen LogP contribution in [0, 0.1) is 6.92 Å². The third-order valence-corrected chi connectivity index (χ3v) is 4.79. The summed E-state index contributed by atoms with van der Waals surface area (Å²) in [5.41, 5.74) is 4.63. The number of aromatic nitrogens is 2. The molecule has 0 radical (unpaired) electrons. The van der Waals surface area contributed by atoms with Crippen molar-refractivity contribution in [3.8, 4) is 0 Å². The zero-order valence-corrected chi connectivity index (χ0v) is 15.5. The second kappa shape index (κ2) is 7.19. The van der Waals surface area contributed by atoms with Gasteiger partial charge in [0, 0.05) is 24.0 Å². The molecule has 0 saturated carbocycles. The zero-order chi connectivity index (χ0) is 18.8. The fourth-order valence-electron chi connectivity index (χ4n) is 3.52. The Bertz CT molecular complexity index is 971. The van der Waals surface area contributed by atoms with E-state index in [1.165, 1.54) is 5.56 Å². The molecule has 5 nitrogen and oxygen atoms in total. The van der Waals surface area contributed by atoms with Crippen LogP contribution in [0.3, 0.4) is 0 Å². The lowest BCUT2D eigenvalue weighted by atomic mass is 10.1. The van der Waals surface area contributed by atoms with Gasteiger partial charge in [-0.3, -0.25) is 4.79 Å². The Kier molecular flexibility index (Phi) is 4.59. The number of benzene rings is 2. The van der Waals surface area contributed by atoms with Crippen molar-refractivity contribution in [2.75, 3.05) is 4.90 Å². The molecule has 3 aromatic rings. The summed E-state index contributed by atoms with van der Waals surface area (Å²) in [6, 6.07) is 20.1. The summed E-state index contributed by atoms with van der Waals surface area (Å²) in [4.78, 5) is 23.9. The van der Waals surface area contributed by atoms with Crippen LogP contribution in [0.2, 0.25) is 0 Å². The first-order valence-corrected chi connectivity index (χ1v) is 9.17. The van der Waals surface area contributed by atoms with Crippen molar-refractivity contribution in [3.05, 3.63) is 83.2 Å². The summed E-state index contributed by atoms with van der Waals surface area (Å²) < 4.78 is 0. The molecule has 0 saturated heterocycles. The van der Waals surface area contributed by atoms with E-state index >= 15 is 0 Å². The van der Waals surface area contributed by atoms with Gasteiger partial charge in [-0.25, -0.2) is 9.97 Å². The number of rotatable bonds is 4. The van der Waals surface area contributed by atoms with Gasteiger partial charge in [-0.1, -0.05) is 48.5 Å². The summed E-state index contributed by atoms with van der Waals surface area (Å²) in [5.74, 6) is 0.392. The Hall–Kier alpha value is -3.21. The molecule has 1 atom stereocenters. The first kappa shape index (κ1) is 17.2. The number of nitrogens with one attached hydrogen (secondary N) is 1. The van der Waals surface area contributed by atoms with Crippen LogP contribution in [-0.4, -0.2) is 21.9 Å². The molecule has 0 bridgehead atoms. The number of para-hydroxylation sites is 1. The van der Waals surface area contributed by atoms with E-state index in [-0.39, 0.29) is 11.9 Å². The number of carbonyl (C=O) groups is 1. The van der Waals surface area contributed by atoms with E-state index in [2.05, 4.69) is 45.3 Å². The molecule has 5 heteroatoms. The third-order valence-electron chi connectivity index (χ3n) is 4.79. The van der Waals surface area contributed by atoms with Crippen LogP contribution >= 0.6 is 0 Å². The molecule has 4 rings (SSSR count). The highest BCUT2D eigenvalue weighted by molar-refractivity contribution is 5.92. The lowest BCUT2D eigenvalue weighted by Crippen LogP contribution is -2.29. The Labute approximate surface area is 159 Å². The predicted molar refractivity (Wildman–Crippen MR) is 106 cm³/mol.